The predicted octanol–water partition coefficient (Wildman–Crippen LogP) is 3.37. The van der Waals surface area contributed by atoms with Gasteiger partial charge in [0.15, 0.2) is 0 Å². The highest BCUT2D eigenvalue weighted by atomic mass is 32.2. The van der Waals surface area contributed by atoms with Crippen LogP contribution in [0, 0.1) is 0 Å². The lowest BCUT2D eigenvalue weighted by atomic mass is 10.1. The van der Waals surface area contributed by atoms with Crippen molar-refractivity contribution in [2.24, 2.45) is 0 Å². The SMILES string of the molecule is C=CCC(SCCN1CCOCC1)c1ccccc1. The molecule has 0 radical (unpaired) electrons. The molecule has 1 heterocycles. The van der Waals surface area contributed by atoms with Gasteiger partial charge in [-0.2, -0.15) is 11.8 Å². The number of allylic oxidation sites excluding steroid dienone is 1. The molecule has 0 saturated carbocycles. The fraction of sp³-hybridized carbons (Fsp3) is 0.500. The number of benzene rings is 1. The molecule has 1 aliphatic heterocycles. The number of hydrogen-bond acceptors (Lipinski definition) is 3. The van der Waals surface area contributed by atoms with Gasteiger partial charge in [-0.15, -0.1) is 6.58 Å². The molecule has 1 aromatic carbocycles. The van der Waals surface area contributed by atoms with Crippen molar-refractivity contribution < 1.29 is 4.74 Å². The average molecular weight is 277 g/mol. The first-order valence-electron chi connectivity index (χ1n) is 6.97. The minimum absolute atomic E-state index is 0.541. The fourth-order valence-corrected chi connectivity index (χ4v) is 3.54. The topological polar surface area (TPSA) is 12.5 Å². The predicted molar refractivity (Wildman–Crippen MR) is 83.7 cm³/mol. The van der Waals surface area contributed by atoms with Crippen LogP contribution < -0.4 is 0 Å². The molecule has 1 fully saturated rings. The summed E-state index contributed by atoms with van der Waals surface area (Å²) in [5.74, 6) is 1.17. The number of thioether (sulfide) groups is 1. The summed E-state index contributed by atoms with van der Waals surface area (Å²) in [5, 5.41) is 0.541. The summed E-state index contributed by atoms with van der Waals surface area (Å²) in [5.41, 5.74) is 1.41. The Morgan fingerprint density at radius 2 is 2.00 bits per heavy atom. The van der Waals surface area contributed by atoms with Crippen molar-refractivity contribution in [2.75, 3.05) is 38.6 Å². The molecule has 1 aromatic rings. The lowest BCUT2D eigenvalue weighted by Crippen LogP contribution is -2.37. The second kappa shape index (κ2) is 8.41. The first kappa shape index (κ1) is 14.6. The Bertz CT molecular complexity index is 362. The van der Waals surface area contributed by atoms with E-state index in [0.717, 1.165) is 39.3 Å². The molecule has 0 aromatic heterocycles. The average Bonchev–Trinajstić information content (AvgIpc) is 2.48. The zero-order valence-electron chi connectivity index (χ0n) is 11.5. The van der Waals surface area contributed by atoms with Gasteiger partial charge in [0.05, 0.1) is 13.2 Å². The van der Waals surface area contributed by atoms with Gasteiger partial charge >= 0.3 is 0 Å². The van der Waals surface area contributed by atoms with E-state index in [9.17, 15) is 0 Å². The van der Waals surface area contributed by atoms with Crippen LogP contribution >= 0.6 is 11.8 Å². The second-order valence-electron chi connectivity index (χ2n) is 4.75. The van der Waals surface area contributed by atoms with Crippen LogP contribution in [-0.2, 0) is 4.74 Å². The largest absolute Gasteiger partial charge is 0.379 e. The quantitative estimate of drug-likeness (QED) is 0.709. The van der Waals surface area contributed by atoms with Crippen molar-refractivity contribution in [3.05, 3.63) is 48.6 Å². The van der Waals surface area contributed by atoms with Crippen LogP contribution in [-0.4, -0.2) is 43.5 Å². The summed E-state index contributed by atoms with van der Waals surface area (Å²) in [6.07, 6.45) is 3.07. The molecule has 3 heteroatoms. The van der Waals surface area contributed by atoms with E-state index in [1.165, 1.54) is 11.3 Å². The monoisotopic (exact) mass is 277 g/mol. The zero-order valence-corrected chi connectivity index (χ0v) is 12.3. The Hall–Kier alpha value is -0.770. The third kappa shape index (κ3) is 5.01. The van der Waals surface area contributed by atoms with Gasteiger partial charge in [-0.05, 0) is 12.0 Å². The van der Waals surface area contributed by atoms with Crippen LogP contribution in [0.2, 0.25) is 0 Å². The Morgan fingerprint density at radius 3 is 2.68 bits per heavy atom. The van der Waals surface area contributed by atoms with Crippen LogP contribution in [0.1, 0.15) is 17.2 Å². The number of nitrogens with zero attached hydrogens (tertiary/aromatic N) is 1. The number of rotatable bonds is 7. The molecule has 1 atom stereocenters. The lowest BCUT2D eigenvalue weighted by molar-refractivity contribution is 0.0410. The van der Waals surface area contributed by atoms with E-state index >= 15 is 0 Å². The van der Waals surface area contributed by atoms with Crippen molar-refractivity contribution in [1.82, 2.24) is 4.90 Å². The van der Waals surface area contributed by atoms with Crippen molar-refractivity contribution >= 4 is 11.8 Å². The molecule has 0 spiro atoms. The van der Waals surface area contributed by atoms with Crippen LogP contribution in [0.15, 0.2) is 43.0 Å². The van der Waals surface area contributed by atoms with E-state index < -0.39 is 0 Å². The van der Waals surface area contributed by atoms with Gasteiger partial charge in [-0.1, -0.05) is 36.4 Å². The highest BCUT2D eigenvalue weighted by molar-refractivity contribution is 7.99. The van der Waals surface area contributed by atoms with Crippen LogP contribution in [0.4, 0.5) is 0 Å². The maximum absolute atomic E-state index is 5.37. The molecule has 104 valence electrons. The normalized spacial score (nSPS) is 18.1. The summed E-state index contributed by atoms with van der Waals surface area (Å²) >= 11 is 2.04. The lowest BCUT2D eigenvalue weighted by Gasteiger charge is -2.27. The van der Waals surface area contributed by atoms with E-state index in [2.05, 4.69) is 41.8 Å². The maximum atomic E-state index is 5.37. The van der Waals surface area contributed by atoms with Crippen molar-refractivity contribution in [3.8, 4) is 0 Å². The third-order valence-corrected chi connectivity index (χ3v) is 4.67. The second-order valence-corrected chi connectivity index (χ2v) is 6.06. The molecule has 1 aliphatic rings. The Labute approximate surface area is 120 Å². The van der Waals surface area contributed by atoms with Gasteiger partial charge < -0.3 is 4.74 Å². The molecular weight excluding hydrogens is 254 g/mol. The Balaban J connectivity index is 1.78. The van der Waals surface area contributed by atoms with Gasteiger partial charge in [-0.25, -0.2) is 0 Å². The Morgan fingerprint density at radius 1 is 1.26 bits per heavy atom. The number of morpholine rings is 1. The minimum atomic E-state index is 0.541. The van der Waals surface area contributed by atoms with Gasteiger partial charge in [0.1, 0.15) is 0 Å². The van der Waals surface area contributed by atoms with Crippen LogP contribution in [0.3, 0.4) is 0 Å². The summed E-state index contributed by atoms with van der Waals surface area (Å²) in [4.78, 5) is 2.49. The summed E-state index contributed by atoms with van der Waals surface area (Å²) < 4.78 is 5.37. The van der Waals surface area contributed by atoms with E-state index in [1.807, 2.05) is 17.8 Å². The van der Waals surface area contributed by atoms with Crippen molar-refractivity contribution in [2.45, 2.75) is 11.7 Å². The van der Waals surface area contributed by atoms with E-state index in [-0.39, 0.29) is 0 Å². The molecule has 2 rings (SSSR count). The molecule has 0 amide bonds. The van der Waals surface area contributed by atoms with Gasteiger partial charge in [-0.3, -0.25) is 4.90 Å². The standard InChI is InChI=1S/C16H23NOS/c1-2-6-16(15-7-4-3-5-8-15)19-14-11-17-9-12-18-13-10-17/h2-5,7-8,16H,1,6,9-14H2. The highest BCUT2D eigenvalue weighted by Gasteiger charge is 2.13. The molecule has 0 bridgehead atoms. The minimum Gasteiger partial charge on any atom is -0.379 e. The smallest absolute Gasteiger partial charge is 0.0594 e. The van der Waals surface area contributed by atoms with Crippen LogP contribution in [0.5, 0.6) is 0 Å². The summed E-state index contributed by atoms with van der Waals surface area (Å²) in [6.45, 7) is 8.98. The molecule has 2 nitrogen and oxygen atoms in total. The first-order chi connectivity index (χ1) is 9.40. The summed E-state index contributed by atoms with van der Waals surface area (Å²) in [6, 6.07) is 10.8. The fourth-order valence-electron chi connectivity index (χ4n) is 2.27. The summed E-state index contributed by atoms with van der Waals surface area (Å²) in [7, 11) is 0. The maximum Gasteiger partial charge on any atom is 0.0594 e. The zero-order chi connectivity index (χ0) is 13.3. The van der Waals surface area contributed by atoms with E-state index in [1.54, 1.807) is 0 Å². The molecule has 0 aliphatic carbocycles. The molecule has 0 N–H and O–H groups in total. The van der Waals surface area contributed by atoms with Gasteiger partial charge in [0.2, 0.25) is 0 Å². The Kier molecular flexibility index (Phi) is 6.48. The van der Waals surface area contributed by atoms with Crippen molar-refractivity contribution in [1.29, 1.82) is 0 Å². The van der Waals surface area contributed by atoms with Crippen LogP contribution in [0.25, 0.3) is 0 Å². The van der Waals surface area contributed by atoms with Gasteiger partial charge in [0.25, 0.3) is 0 Å². The molecule has 1 unspecified atom stereocenters. The molecule has 1 saturated heterocycles. The number of ether oxygens (including phenoxy) is 1. The number of hydrogen-bond donors (Lipinski definition) is 0. The van der Waals surface area contributed by atoms with E-state index in [4.69, 9.17) is 4.74 Å². The third-order valence-electron chi connectivity index (χ3n) is 3.38. The molecule has 19 heavy (non-hydrogen) atoms. The van der Waals surface area contributed by atoms with Gasteiger partial charge in [0, 0.05) is 30.6 Å². The molecular formula is C16H23NOS. The first-order valence-corrected chi connectivity index (χ1v) is 8.02. The van der Waals surface area contributed by atoms with E-state index in [0.29, 0.717) is 5.25 Å². The highest BCUT2D eigenvalue weighted by Crippen LogP contribution is 2.32. The van der Waals surface area contributed by atoms with Crippen molar-refractivity contribution in [3.63, 3.8) is 0 Å².